The van der Waals surface area contributed by atoms with E-state index in [0.29, 0.717) is 5.92 Å². The summed E-state index contributed by atoms with van der Waals surface area (Å²) in [6.45, 7) is 10.2. The first-order chi connectivity index (χ1) is 8.16. The first-order valence-electron chi connectivity index (χ1n) is 6.19. The minimum absolute atomic E-state index is 0.337. The highest BCUT2D eigenvalue weighted by atomic mass is 16.3. The van der Waals surface area contributed by atoms with Crippen molar-refractivity contribution in [1.29, 1.82) is 0 Å². The van der Waals surface area contributed by atoms with Gasteiger partial charge in [-0.15, -0.1) is 0 Å². The van der Waals surface area contributed by atoms with Gasteiger partial charge in [-0.1, -0.05) is 51.5 Å². The van der Waals surface area contributed by atoms with Gasteiger partial charge in [0.15, 0.2) is 5.89 Å². The third kappa shape index (κ3) is 3.45. The van der Waals surface area contributed by atoms with Crippen LogP contribution < -0.4 is 0 Å². The van der Waals surface area contributed by atoms with Crippen LogP contribution in [0.5, 0.6) is 0 Å². The van der Waals surface area contributed by atoms with Crippen molar-refractivity contribution in [2.75, 3.05) is 0 Å². The van der Waals surface area contributed by atoms with E-state index in [-0.39, 0.29) is 0 Å². The van der Waals surface area contributed by atoms with E-state index in [2.05, 4.69) is 44.0 Å². The average molecular weight is 231 g/mol. The highest BCUT2D eigenvalue weighted by molar-refractivity contribution is 5.58. The summed E-state index contributed by atoms with van der Waals surface area (Å²) in [7, 11) is 0. The molecule has 1 heterocycles. The van der Waals surface area contributed by atoms with E-state index in [1.54, 1.807) is 6.26 Å². The summed E-state index contributed by atoms with van der Waals surface area (Å²) in [4.78, 5) is 4.45. The van der Waals surface area contributed by atoms with Crippen LogP contribution in [0.3, 0.4) is 0 Å². The van der Waals surface area contributed by atoms with Gasteiger partial charge in [0, 0.05) is 11.5 Å². The van der Waals surface area contributed by atoms with Gasteiger partial charge < -0.3 is 4.42 Å². The van der Waals surface area contributed by atoms with E-state index in [1.165, 1.54) is 5.56 Å². The Labute approximate surface area is 104 Å². The summed E-state index contributed by atoms with van der Waals surface area (Å²) in [5, 5.41) is 0. The Hall–Kier alpha value is -1.57. The smallest absolute Gasteiger partial charge is 0.197 e. The molecule has 1 aromatic heterocycles. The quantitative estimate of drug-likeness (QED) is 0.742. The van der Waals surface area contributed by atoms with Crippen molar-refractivity contribution >= 4 is 0 Å². The zero-order chi connectivity index (χ0) is 12.8. The van der Waals surface area contributed by atoms with Crippen LogP contribution in [0.4, 0.5) is 0 Å². The van der Waals surface area contributed by atoms with E-state index in [0.717, 1.165) is 17.1 Å². The molecule has 0 fully saturated rings. The topological polar surface area (TPSA) is 26.0 Å². The molecule has 0 saturated heterocycles. The molecule has 0 bridgehead atoms. The molecule has 0 aliphatic carbocycles. The first kappa shape index (κ1) is 13.5. The number of aromatic nitrogens is 1. The maximum absolute atomic E-state index is 5.41. The molecule has 0 atom stereocenters. The molecular weight excluding hydrogens is 210 g/mol. The molecule has 0 radical (unpaired) electrons. The Morgan fingerprint density at radius 2 is 1.88 bits per heavy atom. The Bertz CT molecular complexity index is 457. The standard InChI is InChI=1S/C13H15NO.C2H6/c1-9(2)13-14-12(8-15-13)11-6-4-5-10(3)7-11;1-2/h4-9H,1-3H3;1-2H3. The van der Waals surface area contributed by atoms with E-state index < -0.39 is 0 Å². The maximum Gasteiger partial charge on any atom is 0.197 e. The van der Waals surface area contributed by atoms with Gasteiger partial charge in [-0.2, -0.15) is 0 Å². The predicted octanol–water partition coefficient (Wildman–Crippen LogP) is 4.80. The molecule has 17 heavy (non-hydrogen) atoms. The molecule has 2 rings (SSSR count). The van der Waals surface area contributed by atoms with Crippen LogP contribution in [0.1, 0.15) is 45.1 Å². The Kier molecular flexibility index (Phi) is 4.95. The van der Waals surface area contributed by atoms with Crippen LogP contribution in [0.2, 0.25) is 0 Å². The van der Waals surface area contributed by atoms with Crippen molar-refractivity contribution in [3.8, 4) is 11.3 Å². The first-order valence-corrected chi connectivity index (χ1v) is 6.19. The molecular formula is C15H21NO. The van der Waals surface area contributed by atoms with Crippen LogP contribution >= 0.6 is 0 Å². The van der Waals surface area contributed by atoms with Crippen molar-refractivity contribution in [2.45, 2.75) is 40.5 Å². The second kappa shape index (κ2) is 6.24. The van der Waals surface area contributed by atoms with Crippen molar-refractivity contribution < 1.29 is 4.42 Å². The molecule has 1 aromatic carbocycles. The molecule has 0 unspecified atom stereocenters. The van der Waals surface area contributed by atoms with Crippen LogP contribution in [0.15, 0.2) is 34.9 Å². The lowest BCUT2D eigenvalue weighted by Crippen LogP contribution is -1.86. The normalized spacial score (nSPS) is 10.0. The number of nitrogens with zero attached hydrogens (tertiary/aromatic N) is 1. The lowest BCUT2D eigenvalue weighted by molar-refractivity contribution is 0.471. The van der Waals surface area contributed by atoms with Crippen LogP contribution in [-0.2, 0) is 0 Å². The van der Waals surface area contributed by atoms with E-state index in [1.807, 2.05) is 19.9 Å². The third-order valence-electron chi connectivity index (χ3n) is 2.33. The second-order valence-corrected chi connectivity index (χ2v) is 4.10. The summed E-state index contributed by atoms with van der Waals surface area (Å²) >= 11 is 0. The fourth-order valence-corrected chi connectivity index (χ4v) is 1.49. The van der Waals surface area contributed by atoms with Crippen molar-refractivity contribution in [3.63, 3.8) is 0 Å². The van der Waals surface area contributed by atoms with E-state index >= 15 is 0 Å². The summed E-state index contributed by atoms with van der Waals surface area (Å²) in [5.41, 5.74) is 3.27. The largest absolute Gasteiger partial charge is 0.448 e. The summed E-state index contributed by atoms with van der Waals surface area (Å²) < 4.78 is 5.41. The van der Waals surface area contributed by atoms with Crippen LogP contribution in [0, 0.1) is 6.92 Å². The lowest BCUT2D eigenvalue weighted by atomic mass is 10.1. The third-order valence-corrected chi connectivity index (χ3v) is 2.33. The molecule has 2 aromatic rings. The number of hydrogen-bond acceptors (Lipinski definition) is 2. The Balaban J connectivity index is 0.000000686. The van der Waals surface area contributed by atoms with Gasteiger partial charge in [0.25, 0.3) is 0 Å². The molecule has 0 aliphatic heterocycles. The zero-order valence-corrected chi connectivity index (χ0v) is 11.3. The Morgan fingerprint density at radius 1 is 1.18 bits per heavy atom. The number of aryl methyl sites for hydroxylation is 1. The fraction of sp³-hybridized carbons (Fsp3) is 0.400. The van der Waals surface area contributed by atoms with Gasteiger partial charge in [-0.05, 0) is 13.0 Å². The molecule has 0 aliphatic rings. The summed E-state index contributed by atoms with van der Waals surface area (Å²) in [5.74, 6) is 1.13. The number of oxazole rings is 1. The zero-order valence-electron chi connectivity index (χ0n) is 11.3. The molecule has 2 nitrogen and oxygen atoms in total. The van der Waals surface area contributed by atoms with Gasteiger partial charge in [0.1, 0.15) is 12.0 Å². The molecule has 2 heteroatoms. The van der Waals surface area contributed by atoms with E-state index in [9.17, 15) is 0 Å². The molecule has 0 N–H and O–H groups in total. The number of rotatable bonds is 2. The second-order valence-electron chi connectivity index (χ2n) is 4.10. The van der Waals surface area contributed by atoms with Gasteiger partial charge in [0.2, 0.25) is 0 Å². The highest BCUT2D eigenvalue weighted by Gasteiger charge is 2.08. The van der Waals surface area contributed by atoms with Gasteiger partial charge in [-0.3, -0.25) is 0 Å². The van der Waals surface area contributed by atoms with Gasteiger partial charge in [-0.25, -0.2) is 4.98 Å². The lowest BCUT2D eigenvalue weighted by Gasteiger charge is -1.97. The highest BCUT2D eigenvalue weighted by Crippen LogP contribution is 2.22. The van der Waals surface area contributed by atoms with Crippen LogP contribution in [-0.4, -0.2) is 4.98 Å². The molecule has 0 saturated carbocycles. The minimum Gasteiger partial charge on any atom is -0.448 e. The van der Waals surface area contributed by atoms with Gasteiger partial charge in [0.05, 0.1) is 0 Å². The maximum atomic E-state index is 5.41. The fourth-order valence-electron chi connectivity index (χ4n) is 1.49. The summed E-state index contributed by atoms with van der Waals surface area (Å²) in [6, 6.07) is 8.28. The average Bonchev–Trinajstić information content (AvgIpc) is 2.81. The monoisotopic (exact) mass is 231 g/mol. The van der Waals surface area contributed by atoms with Crippen molar-refractivity contribution in [2.24, 2.45) is 0 Å². The number of hydrogen-bond donors (Lipinski definition) is 0. The molecule has 0 amide bonds. The van der Waals surface area contributed by atoms with Crippen molar-refractivity contribution in [1.82, 2.24) is 4.98 Å². The molecule has 92 valence electrons. The van der Waals surface area contributed by atoms with Gasteiger partial charge >= 0.3 is 0 Å². The number of benzene rings is 1. The molecule has 0 spiro atoms. The van der Waals surface area contributed by atoms with Crippen molar-refractivity contribution in [3.05, 3.63) is 42.0 Å². The van der Waals surface area contributed by atoms with Crippen LogP contribution in [0.25, 0.3) is 11.3 Å². The SMILES string of the molecule is CC.Cc1cccc(-c2coc(C(C)C)n2)c1. The predicted molar refractivity (Wildman–Crippen MR) is 72.1 cm³/mol. The minimum atomic E-state index is 0.337. The summed E-state index contributed by atoms with van der Waals surface area (Å²) in [6.07, 6.45) is 1.73. The Morgan fingerprint density at radius 3 is 2.41 bits per heavy atom. The van der Waals surface area contributed by atoms with E-state index in [4.69, 9.17) is 4.42 Å².